The first-order valence-corrected chi connectivity index (χ1v) is 5.39. The summed E-state index contributed by atoms with van der Waals surface area (Å²) >= 11 is 0. The number of pyridine rings is 1. The van der Waals surface area contributed by atoms with E-state index in [2.05, 4.69) is 15.5 Å². The lowest BCUT2D eigenvalue weighted by molar-refractivity contribution is -0.118. The second-order valence-corrected chi connectivity index (χ2v) is 3.90. The lowest BCUT2D eigenvalue weighted by Gasteiger charge is -2.10. The third kappa shape index (κ3) is 4.04. The predicted molar refractivity (Wildman–Crippen MR) is 79.5 cm³/mol. The second kappa shape index (κ2) is 8.01. The van der Waals surface area contributed by atoms with Gasteiger partial charge in [-0.3, -0.25) is 4.79 Å². The smallest absolute Gasteiger partial charge is 0.258 e. The number of nitrogens with one attached hydrogen (secondary N) is 1. The summed E-state index contributed by atoms with van der Waals surface area (Å²) in [6, 6.07) is 1.03. The van der Waals surface area contributed by atoms with Crippen LogP contribution in [0.5, 0.6) is 0 Å². The Hall–Kier alpha value is -1.41. The molecule has 9 heteroatoms. The minimum absolute atomic E-state index is 0. The predicted octanol–water partition coefficient (Wildman–Crippen LogP) is 1.29. The van der Waals surface area contributed by atoms with Gasteiger partial charge in [0.2, 0.25) is 5.91 Å². The number of hydrogen-bond donors (Lipinski definition) is 2. The molecule has 0 fully saturated rings. The van der Waals surface area contributed by atoms with Crippen LogP contribution in [0.3, 0.4) is 0 Å². The molecule has 1 atom stereocenters. The number of nitrogens with zero attached hydrogens (tertiary/aromatic N) is 2. The summed E-state index contributed by atoms with van der Waals surface area (Å²) in [7, 11) is 1.49. The normalized spacial score (nSPS) is 11.3. The van der Waals surface area contributed by atoms with Crippen molar-refractivity contribution in [3.05, 3.63) is 18.0 Å². The highest BCUT2D eigenvalue weighted by Gasteiger charge is 2.14. The number of fused-ring (bicyclic) bond motifs is 1. The van der Waals surface area contributed by atoms with Crippen molar-refractivity contribution >= 4 is 47.5 Å². The van der Waals surface area contributed by atoms with Crippen molar-refractivity contribution in [2.45, 2.75) is 13.0 Å². The number of aryl methyl sites for hydroxylation is 1. The van der Waals surface area contributed by atoms with Gasteiger partial charge in [-0.05, 0) is 13.0 Å². The van der Waals surface area contributed by atoms with Crippen molar-refractivity contribution in [1.82, 2.24) is 10.1 Å². The Labute approximate surface area is 128 Å². The van der Waals surface area contributed by atoms with E-state index in [-0.39, 0.29) is 37.3 Å². The first-order valence-electron chi connectivity index (χ1n) is 5.39. The van der Waals surface area contributed by atoms with E-state index in [1.807, 2.05) is 0 Å². The number of halogens is 2. The molecule has 0 saturated heterocycles. The zero-order chi connectivity index (χ0) is 13.1. The van der Waals surface area contributed by atoms with Gasteiger partial charge < -0.3 is 20.3 Å². The van der Waals surface area contributed by atoms with Crippen LogP contribution in [-0.4, -0.2) is 35.8 Å². The summed E-state index contributed by atoms with van der Waals surface area (Å²) in [6.45, 7) is 1.96. The molecular weight excluding hydrogens is 307 g/mol. The molecule has 0 radical (unpaired) electrons. The molecule has 112 valence electrons. The maximum atomic E-state index is 11.7. The van der Waals surface area contributed by atoms with Crippen molar-refractivity contribution in [3.8, 4) is 0 Å². The highest BCUT2D eigenvalue weighted by atomic mass is 35.5. The third-order valence-electron chi connectivity index (χ3n) is 2.46. The highest BCUT2D eigenvalue weighted by molar-refractivity contribution is 5.96. The molecular formula is C11H16Cl2N4O3. The minimum atomic E-state index is -0.714. The van der Waals surface area contributed by atoms with Gasteiger partial charge in [0.25, 0.3) is 5.71 Å². The topological polar surface area (TPSA) is 103 Å². The van der Waals surface area contributed by atoms with Crippen LogP contribution in [0.2, 0.25) is 0 Å². The summed E-state index contributed by atoms with van der Waals surface area (Å²) in [5.41, 5.74) is 7.31. The molecule has 1 unspecified atom stereocenters. The van der Waals surface area contributed by atoms with E-state index in [0.717, 1.165) is 11.1 Å². The van der Waals surface area contributed by atoms with Gasteiger partial charge >= 0.3 is 0 Å². The van der Waals surface area contributed by atoms with Crippen molar-refractivity contribution in [2.24, 2.45) is 5.73 Å². The number of aromatic nitrogens is 2. The molecule has 0 aliphatic heterocycles. The Balaban J connectivity index is 0.00000180. The molecule has 0 bridgehead atoms. The van der Waals surface area contributed by atoms with E-state index in [9.17, 15) is 4.79 Å². The number of nitrogens with two attached hydrogens (primary N) is 1. The molecule has 0 saturated carbocycles. The van der Waals surface area contributed by atoms with Crippen LogP contribution < -0.4 is 11.1 Å². The first kappa shape index (κ1) is 18.6. The SMILES string of the molecule is COCC(N)C(=O)Nc1cnc2onc(C)c2c1.Cl.Cl. The van der Waals surface area contributed by atoms with Crippen molar-refractivity contribution < 1.29 is 14.1 Å². The molecule has 0 spiro atoms. The molecule has 7 nitrogen and oxygen atoms in total. The molecule has 0 aromatic carbocycles. The average molecular weight is 323 g/mol. The number of rotatable bonds is 4. The number of methoxy groups -OCH3 is 1. The highest BCUT2D eigenvalue weighted by Crippen LogP contribution is 2.19. The van der Waals surface area contributed by atoms with Crippen LogP contribution in [0, 0.1) is 6.92 Å². The second-order valence-electron chi connectivity index (χ2n) is 3.90. The third-order valence-corrected chi connectivity index (χ3v) is 2.46. The maximum absolute atomic E-state index is 11.7. The van der Waals surface area contributed by atoms with Crippen molar-refractivity contribution in [3.63, 3.8) is 0 Å². The minimum Gasteiger partial charge on any atom is -0.383 e. The van der Waals surface area contributed by atoms with Crippen LogP contribution in [0.25, 0.3) is 11.1 Å². The molecule has 0 aliphatic rings. The number of hydrogen-bond acceptors (Lipinski definition) is 6. The van der Waals surface area contributed by atoms with Gasteiger partial charge in [0.05, 0.1) is 29.6 Å². The average Bonchev–Trinajstić information content (AvgIpc) is 2.71. The summed E-state index contributed by atoms with van der Waals surface area (Å²) in [4.78, 5) is 15.7. The molecule has 20 heavy (non-hydrogen) atoms. The van der Waals surface area contributed by atoms with Crippen LogP contribution in [-0.2, 0) is 9.53 Å². The van der Waals surface area contributed by atoms with Crippen LogP contribution in [0.4, 0.5) is 5.69 Å². The molecule has 3 N–H and O–H groups in total. The summed E-state index contributed by atoms with van der Waals surface area (Å²) in [6.07, 6.45) is 1.49. The Morgan fingerprint density at radius 2 is 2.25 bits per heavy atom. The number of anilines is 1. The zero-order valence-electron chi connectivity index (χ0n) is 11.0. The van der Waals surface area contributed by atoms with Gasteiger partial charge in [-0.25, -0.2) is 4.98 Å². The maximum Gasteiger partial charge on any atom is 0.258 e. The van der Waals surface area contributed by atoms with Crippen LogP contribution in [0.15, 0.2) is 16.8 Å². The standard InChI is InChI=1S/C11H14N4O3.2ClH/c1-6-8-3-7(4-13-11(8)18-15-6)14-10(16)9(12)5-17-2;;/h3-4,9H,5,12H2,1-2H3,(H,14,16);2*1H. The van der Waals surface area contributed by atoms with Crippen molar-refractivity contribution in [2.75, 3.05) is 19.0 Å². The van der Waals surface area contributed by atoms with Gasteiger partial charge in [0.15, 0.2) is 0 Å². The summed E-state index contributed by atoms with van der Waals surface area (Å²) in [5, 5.41) is 7.20. The Morgan fingerprint density at radius 3 is 2.90 bits per heavy atom. The number of amides is 1. The molecule has 2 heterocycles. The lowest BCUT2D eigenvalue weighted by Crippen LogP contribution is -2.39. The lowest BCUT2D eigenvalue weighted by atomic mass is 10.2. The molecule has 2 rings (SSSR count). The fraction of sp³-hybridized carbons (Fsp3) is 0.364. The monoisotopic (exact) mass is 322 g/mol. The molecule has 1 amide bonds. The molecule has 2 aromatic rings. The number of carbonyl (C=O) groups is 1. The van der Waals surface area contributed by atoms with Gasteiger partial charge in [-0.1, -0.05) is 5.16 Å². The van der Waals surface area contributed by atoms with Gasteiger partial charge in [0.1, 0.15) is 6.04 Å². The van der Waals surface area contributed by atoms with E-state index in [0.29, 0.717) is 11.4 Å². The van der Waals surface area contributed by atoms with Gasteiger partial charge in [-0.15, -0.1) is 24.8 Å². The van der Waals surface area contributed by atoms with E-state index >= 15 is 0 Å². The van der Waals surface area contributed by atoms with E-state index in [1.54, 1.807) is 13.0 Å². The molecule has 0 aliphatic carbocycles. The Kier molecular flexibility index (Phi) is 7.44. The Bertz CT molecular complexity index is 576. The Morgan fingerprint density at radius 1 is 1.55 bits per heavy atom. The zero-order valence-corrected chi connectivity index (χ0v) is 12.6. The van der Waals surface area contributed by atoms with E-state index in [1.165, 1.54) is 13.3 Å². The largest absolute Gasteiger partial charge is 0.383 e. The van der Waals surface area contributed by atoms with Crippen LogP contribution >= 0.6 is 24.8 Å². The quantitative estimate of drug-likeness (QED) is 0.879. The van der Waals surface area contributed by atoms with Crippen molar-refractivity contribution in [1.29, 1.82) is 0 Å². The fourth-order valence-electron chi connectivity index (χ4n) is 1.50. The number of carbonyl (C=O) groups excluding carboxylic acids is 1. The molecule has 2 aromatic heterocycles. The first-order chi connectivity index (χ1) is 8.61. The van der Waals surface area contributed by atoms with Gasteiger partial charge in [-0.2, -0.15) is 0 Å². The van der Waals surface area contributed by atoms with E-state index in [4.69, 9.17) is 15.0 Å². The summed E-state index contributed by atoms with van der Waals surface area (Å²) < 4.78 is 9.79. The summed E-state index contributed by atoms with van der Waals surface area (Å²) in [5.74, 6) is -0.327. The van der Waals surface area contributed by atoms with E-state index < -0.39 is 6.04 Å². The van der Waals surface area contributed by atoms with Crippen LogP contribution in [0.1, 0.15) is 5.69 Å². The fourth-order valence-corrected chi connectivity index (χ4v) is 1.50. The van der Waals surface area contributed by atoms with Gasteiger partial charge in [0, 0.05) is 7.11 Å². The number of ether oxygens (including phenoxy) is 1.